The maximum atomic E-state index is 12.2. The van der Waals surface area contributed by atoms with Gasteiger partial charge in [0.1, 0.15) is 4.90 Å². The monoisotopic (exact) mass is 378 g/mol. The van der Waals surface area contributed by atoms with Gasteiger partial charge in [-0.3, -0.25) is 4.68 Å². The third-order valence-corrected chi connectivity index (χ3v) is 6.05. The maximum Gasteiger partial charge on any atom is 0.225 e. The molecule has 2 aromatic rings. The van der Waals surface area contributed by atoms with E-state index in [9.17, 15) is 8.42 Å². The van der Waals surface area contributed by atoms with E-state index in [0.717, 1.165) is 37.2 Å². The Balaban J connectivity index is 1.93. The Morgan fingerprint density at radius 2 is 2.15 bits per heavy atom. The molecule has 0 spiro atoms. The Morgan fingerprint density at radius 3 is 2.73 bits per heavy atom. The fraction of sp³-hybridized carbons (Fsp3) is 0.588. The zero-order valence-corrected chi connectivity index (χ0v) is 16.5. The highest BCUT2D eigenvalue weighted by Gasteiger charge is 2.26. The predicted octanol–water partition coefficient (Wildman–Crippen LogP) is 1.03. The largest absolute Gasteiger partial charge is 0.339 e. The van der Waals surface area contributed by atoms with Crippen LogP contribution >= 0.6 is 0 Å². The van der Waals surface area contributed by atoms with Crippen LogP contribution in [0.15, 0.2) is 17.3 Å². The van der Waals surface area contributed by atoms with Gasteiger partial charge in [-0.25, -0.2) is 18.4 Å². The minimum Gasteiger partial charge on any atom is -0.339 e. The van der Waals surface area contributed by atoms with Gasteiger partial charge in [-0.2, -0.15) is 5.10 Å². The molecule has 1 N–H and O–H groups in total. The number of hydrogen-bond acceptors (Lipinski definition) is 7. The Hall–Kier alpha value is -2.00. The molecular weight excluding hydrogens is 352 g/mol. The van der Waals surface area contributed by atoms with E-state index < -0.39 is 9.84 Å². The van der Waals surface area contributed by atoms with Crippen molar-refractivity contribution < 1.29 is 8.42 Å². The molecule has 142 valence electrons. The summed E-state index contributed by atoms with van der Waals surface area (Å²) < 4.78 is 26.2. The van der Waals surface area contributed by atoms with Gasteiger partial charge in [0.2, 0.25) is 5.95 Å². The topological polar surface area (TPSA) is 93.0 Å². The number of anilines is 1. The van der Waals surface area contributed by atoms with E-state index in [1.165, 1.54) is 12.5 Å². The average Bonchev–Trinajstić information content (AvgIpc) is 2.93. The molecule has 0 bridgehead atoms. The molecule has 1 atom stereocenters. The van der Waals surface area contributed by atoms with Crippen LogP contribution in [0.25, 0.3) is 0 Å². The number of nitrogens with zero attached hydrogens (tertiary/aromatic N) is 5. The van der Waals surface area contributed by atoms with Crippen LogP contribution in [0.3, 0.4) is 0 Å². The van der Waals surface area contributed by atoms with Gasteiger partial charge < -0.3 is 10.2 Å². The van der Waals surface area contributed by atoms with Gasteiger partial charge in [-0.05, 0) is 26.3 Å². The summed E-state index contributed by atoms with van der Waals surface area (Å²) in [6.07, 6.45) is 6.44. The molecule has 9 heteroatoms. The van der Waals surface area contributed by atoms with Crippen LogP contribution in [0.4, 0.5) is 5.95 Å². The van der Waals surface area contributed by atoms with Gasteiger partial charge in [-0.15, -0.1) is 0 Å². The predicted molar refractivity (Wildman–Crippen MR) is 100 cm³/mol. The Kier molecular flexibility index (Phi) is 5.29. The standard InChI is InChI=1S/C17H26N6O2S/c1-12-14(9-20-23(12)3)11-22(2)17-19-10-15(26(4,24)25)16(21-17)13-6-5-7-18-8-13/h9-10,13,18H,5-8,11H2,1-4H3/t13-/m0/s1. The van der Waals surface area contributed by atoms with Crippen LogP contribution in [0, 0.1) is 6.92 Å². The summed E-state index contributed by atoms with van der Waals surface area (Å²) in [4.78, 5) is 11.1. The first-order valence-corrected chi connectivity index (χ1v) is 10.6. The normalized spacial score (nSPS) is 18.1. The summed E-state index contributed by atoms with van der Waals surface area (Å²) in [6.45, 7) is 4.33. The average molecular weight is 379 g/mol. The van der Waals surface area contributed by atoms with Crippen molar-refractivity contribution in [2.24, 2.45) is 7.05 Å². The summed E-state index contributed by atoms with van der Waals surface area (Å²) in [7, 11) is 0.443. The van der Waals surface area contributed by atoms with Crippen molar-refractivity contribution in [1.82, 2.24) is 25.1 Å². The van der Waals surface area contributed by atoms with Crippen LogP contribution in [0.5, 0.6) is 0 Å². The first-order valence-electron chi connectivity index (χ1n) is 8.73. The number of rotatable bonds is 5. The zero-order chi connectivity index (χ0) is 18.9. The third kappa shape index (κ3) is 3.88. The van der Waals surface area contributed by atoms with Crippen LogP contribution < -0.4 is 10.2 Å². The van der Waals surface area contributed by atoms with Gasteiger partial charge >= 0.3 is 0 Å². The van der Waals surface area contributed by atoms with Crippen LogP contribution in [-0.2, 0) is 23.4 Å². The van der Waals surface area contributed by atoms with Crippen LogP contribution in [-0.4, -0.2) is 54.6 Å². The maximum absolute atomic E-state index is 12.2. The van der Waals surface area contributed by atoms with Crippen LogP contribution in [0.1, 0.15) is 35.7 Å². The number of nitrogens with one attached hydrogen (secondary N) is 1. The van der Waals surface area contributed by atoms with Gasteiger partial charge in [-0.1, -0.05) is 0 Å². The van der Waals surface area contributed by atoms with Crippen molar-refractivity contribution in [2.45, 2.75) is 37.1 Å². The molecule has 0 aliphatic carbocycles. The molecule has 1 aliphatic heterocycles. The lowest BCUT2D eigenvalue weighted by molar-refractivity contribution is 0.447. The van der Waals surface area contributed by atoms with E-state index in [0.29, 0.717) is 18.2 Å². The molecule has 1 fully saturated rings. The highest BCUT2D eigenvalue weighted by atomic mass is 32.2. The third-order valence-electron chi connectivity index (χ3n) is 4.94. The smallest absolute Gasteiger partial charge is 0.225 e. The molecular formula is C17H26N6O2S. The van der Waals surface area contributed by atoms with E-state index in [2.05, 4.69) is 20.4 Å². The van der Waals surface area contributed by atoms with Crippen molar-refractivity contribution >= 4 is 15.8 Å². The first-order chi connectivity index (χ1) is 12.3. The first kappa shape index (κ1) is 18.8. The van der Waals surface area contributed by atoms with Crippen LogP contribution in [0.2, 0.25) is 0 Å². The molecule has 0 radical (unpaired) electrons. The highest BCUT2D eigenvalue weighted by Crippen LogP contribution is 2.28. The lowest BCUT2D eigenvalue weighted by atomic mass is 9.96. The minimum absolute atomic E-state index is 0.0868. The molecule has 1 aliphatic rings. The molecule has 3 heterocycles. The number of aromatic nitrogens is 4. The molecule has 2 aromatic heterocycles. The number of hydrogen-bond donors (Lipinski definition) is 1. The van der Waals surface area contributed by atoms with Crippen molar-refractivity contribution in [3.8, 4) is 0 Å². The van der Waals surface area contributed by atoms with Gasteiger partial charge in [0.05, 0.1) is 18.1 Å². The highest BCUT2D eigenvalue weighted by molar-refractivity contribution is 7.90. The number of aryl methyl sites for hydroxylation is 1. The minimum atomic E-state index is -3.37. The van der Waals surface area contributed by atoms with E-state index in [-0.39, 0.29) is 10.8 Å². The summed E-state index contributed by atoms with van der Waals surface area (Å²) >= 11 is 0. The van der Waals surface area contributed by atoms with Crippen molar-refractivity contribution in [3.05, 3.63) is 29.3 Å². The summed E-state index contributed by atoms with van der Waals surface area (Å²) in [5.74, 6) is 0.616. The second-order valence-corrected chi connectivity index (χ2v) is 8.95. The Bertz CT molecular complexity index is 887. The van der Waals surface area contributed by atoms with E-state index in [1.807, 2.05) is 36.8 Å². The van der Waals surface area contributed by atoms with E-state index >= 15 is 0 Å². The zero-order valence-electron chi connectivity index (χ0n) is 15.7. The number of piperidine rings is 1. The van der Waals surface area contributed by atoms with Crippen molar-refractivity contribution in [3.63, 3.8) is 0 Å². The van der Waals surface area contributed by atoms with Gasteiger partial charge in [0.15, 0.2) is 9.84 Å². The summed E-state index contributed by atoms with van der Waals surface area (Å²) in [6, 6.07) is 0. The number of sulfone groups is 1. The van der Waals surface area contributed by atoms with Crippen molar-refractivity contribution in [1.29, 1.82) is 0 Å². The SMILES string of the molecule is Cc1c(CN(C)c2ncc(S(C)(=O)=O)c([C@H]3CCCNC3)n2)cnn1C. The molecule has 26 heavy (non-hydrogen) atoms. The quantitative estimate of drug-likeness (QED) is 0.830. The van der Waals surface area contributed by atoms with Gasteiger partial charge in [0, 0.05) is 50.6 Å². The van der Waals surface area contributed by atoms with Gasteiger partial charge in [0.25, 0.3) is 0 Å². The lowest BCUT2D eigenvalue weighted by Crippen LogP contribution is -2.30. The molecule has 0 amide bonds. The second kappa shape index (κ2) is 7.32. The lowest BCUT2D eigenvalue weighted by Gasteiger charge is -2.25. The fourth-order valence-electron chi connectivity index (χ4n) is 3.25. The van der Waals surface area contributed by atoms with E-state index in [4.69, 9.17) is 0 Å². The molecule has 8 nitrogen and oxygen atoms in total. The Morgan fingerprint density at radius 1 is 1.38 bits per heavy atom. The molecule has 3 rings (SSSR count). The molecule has 0 aromatic carbocycles. The second-order valence-electron chi connectivity index (χ2n) is 6.97. The summed E-state index contributed by atoms with van der Waals surface area (Å²) in [5.41, 5.74) is 2.80. The van der Waals surface area contributed by atoms with E-state index in [1.54, 1.807) is 0 Å². The molecule has 0 unspecified atom stereocenters. The molecule has 0 saturated carbocycles. The summed E-state index contributed by atoms with van der Waals surface area (Å²) in [5, 5.41) is 7.59. The van der Waals surface area contributed by atoms with Crippen molar-refractivity contribution in [2.75, 3.05) is 31.3 Å². The molecule has 1 saturated heterocycles. The Labute approximate surface area is 154 Å². The fourth-order valence-corrected chi connectivity index (χ4v) is 4.08.